The summed E-state index contributed by atoms with van der Waals surface area (Å²) in [5.41, 5.74) is 1.96. The van der Waals surface area contributed by atoms with Crippen LogP contribution in [0.5, 0.6) is 5.75 Å². The van der Waals surface area contributed by atoms with Gasteiger partial charge in [-0.2, -0.15) is 0 Å². The molecule has 6 heteroatoms. The SMILES string of the molecule is CCNCc1cccc(NC(=O)C2CCN(C(=O)COc3ccccc3)CC2)c1. The lowest BCUT2D eigenvalue weighted by molar-refractivity contribution is -0.136. The van der Waals surface area contributed by atoms with E-state index in [0.29, 0.717) is 31.7 Å². The molecule has 154 valence electrons. The predicted octanol–water partition coefficient (Wildman–Crippen LogP) is 3.05. The van der Waals surface area contributed by atoms with Crippen molar-refractivity contribution in [1.29, 1.82) is 0 Å². The largest absolute Gasteiger partial charge is 0.484 e. The molecule has 29 heavy (non-hydrogen) atoms. The minimum atomic E-state index is -0.0773. The molecule has 0 saturated carbocycles. The molecule has 0 spiro atoms. The van der Waals surface area contributed by atoms with E-state index in [1.54, 1.807) is 4.90 Å². The number of ether oxygens (including phenoxy) is 1. The fourth-order valence-corrected chi connectivity index (χ4v) is 3.42. The van der Waals surface area contributed by atoms with E-state index in [9.17, 15) is 9.59 Å². The molecule has 2 amide bonds. The molecule has 2 N–H and O–H groups in total. The summed E-state index contributed by atoms with van der Waals surface area (Å²) in [6, 6.07) is 17.2. The molecule has 6 nitrogen and oxygen atoms in total. The van der Waals surface area contributed by atoms with Gasteiger partial charge in [-0.05, 0) is 49.2 Å². The summed E-state index contributed by atoms with van der Waals surface area (Å²) in [5.74, 6) is 0.597. The van der Waals surface area contributed by atoms with Crippen LogP contribution in [0.4, 0.5) is 5.69 Å². The average molecular weight is 396 g/mol. The summed E-state index contributed by atoms with van der Waals surface area (Å²) in [6.45, 7) is 4.94. The van der Waals surface area contributed by atoms with Crippen LogP contribution in [-0.4, -0.2) is 43.0 Å². The number of benzene rings is 2. The Morgan fingerprint density at radius 2 is 1.83 bits per heavy atom. The third-order valence-electron chi connectivity index (χ3n) is 5.10. The minimum absolute atomic E-state index is 0.0261. The molecule has 0 bridgehead atoms. The van der Waals surface area contributed by atoms with Crippen molar-refractivity contribution in [1.82, 2.24) is 10.2 Å². The van der Waals surface area contributed by atoms with Gasteiger partial charge >= 0.3 is 0 Å². The second-order valence-corrected chi connectivity index (χ2v) is 7.23. The van der Waals surface area contributed by atoms with Crippen LogP contribution in [-0.2, 0) is 16.1 Å². The van der Waals surface area contributed by atoms with Crippen molar-refractivity contribution in [3.05, 3.63) is 60.2 Å². The first-order valence-electron chi connectivity index (χ1n) is 10.2. The summed E-state index contributed by atoms with van der Waals surface area (Å²) in [4.78, 5) is 26.8. The minimum Gasteiger partial charge on any atom is -0.484 e. The molecule has 1 aliphatic rings. The Balaban J connectivity index is 1.44. The van der Waals surface area contributed by atoms with Gasteiger partial charge in [-0.1, -0.05) is 37.3 Å². The first-order chi connectivity index (χ1) is 14.2. The van der Waals surface area contributed by atoms with Crippen LogP contribution in [0.15, 0.2) is 54.6 Å². The van der Waals surface area contributed by atoms with E-state index >= 15 is 0 Å². The molecule has 0 atom stereocenters. The zero-order valence-electron chi connectivity index (χ0n) is 16.9. The standard InChI is InChI=1S/C23H29N3O3/c1-2-24-16-18-7-6-8-20(15-18)25-23(28)19-11-13-26(14-12-19)22(27)17-29-21-9-4-3-5-10-21/h3-10,15,19,24H,2,11-14,16-17H2,1H3,(H,25,28). The zero-order valence-corrected chi connectivity index (χ0v) is 16.9. The molecule has 1 saturated heterocycles. The van der Waals surface area contributed by atoms with E-state index in [-0.39, 0.29) is 24.3 Å². The molecule has 0 radical (unpaired) electrons. The quantitative estimate of drug-likeness (QED) is 0.721. The van der Waals surface area contributed by atoms with Crippen LogP contribution in [0.1, 0.15) is 25.3 Å². The number of nitrogens with zero attached hydrogens (tertiary/aromatic N) is 1. The summed E-state index contributed by atoms with van der Waals surface area (Å²) in [6.07, 6.45) is 1.33. The van der Waals surface area contributed by atoms with E-state index in [1.807, 2.05) is 54.6 Å². The number of carbonyl (C=O) groups is 2. The van der Waals surface area contributed by atoms with Gasteiger partial charge in [0.2, 0.25) is 5.91 Å². The molecule has 3 rings (SSSR count). The highest BCUT2D eigenvalue weighted by Crippen LogP contribution is 2.20. The molecule has 2 aromatic rings. The predicted molar refractivity (Wildman–Crippen MR) is 114 cm³/mol. The van der Waals surface area contributed by atoms with Crippen LogP contribution in [0.2, 0.25) is 0 Å². The summed E-state index contributed by atoms with van der Waals surface area (Å²) < 4.78 is 5.54. The Labute approximate surface area is 172 Å². The van der Waals surface area contributed by atoms with E-state index in [1.165, 1.54) is 0 Å². The highest BCUT2D eigenvalue weighted by Gasteiger charge is 2.27. The second-order valence-electron chi connectivity index (χ2n) is 7.23. The maximum Gasteiger partial charge on any atom is 0.260 e. The molecule has 1 aliphatic heterocycles. The number of rotatable bonds is 8. The molecule has 1 fully saturated rings. The monoisotopic (exact) mass is 395 g/mol. The van der Waals surface area contributed by atoms with E-state index in [2.05, 4.69) is 17.6 Å². The van der Waals surface area contributed by atoms with Crippen molar-refractivity contribution >= 4 is 17.5 Å². The van der Waals surface area contributed by atoms with Crippen molar-refractivity contribution < 1.29 is 14.3 Å². The van der Waals surface area contributed by atoms with Crippen LogP contribution in [0.3, 0.4) is 0 Å². The number of carbonyl (C=O) groups excluding carboxylic acids is 2. The van der Waals surface area contributed by atoms with Crippen LogP contribution in [0.25, 0.3) is 0 Å². The Hall–Kier alpha value is -2.86. The Morgan fingerprint density at radius 1 is 1.07 bits per heavy atom. The number of hydrogen-bond acceptors (Lipinski definition) is 4. The van der Waals surface area contributed by atoms with Crippen molar-refractivity contribution in [2.75, 3.05) is 31.6 Å². The fraction of sp³-hybridized carbons (Fsp3) is 0.391. The van der Waals surface area contributed by atoms with Gasteiger partial charge < -0.3 is 20.3 Å². The number of nitrogens with one attached hydrogen (secondary N) is 2. The van der Waals surface area contributed by atoms with Gasteiger partial charge in [0.05, 0.1) is 0 Å². The van der Waals surface area contributed by atoms with Gasteiger partial charge in [-0.15, -0.1) is 0 Å². The second kappa shape index (κ2) is 10.6. The molecular weight excluding hydrogens is 366 g/mol. The number of para-hydroxylation sites is 1. The molecular formula is C23H29N3O3. The topological polar surface area (TPSA) is 70.7 Å². The van der Waals surface area contributed by atoms with Crippen molar-refractivity contribution in [3.63, 3.8) is 0 Å². The van der Waals surface area contributed by atoms with Gasteiger partial charge in [0.25, 0.3) is 5.91 Å². The molecule has 0 aromatic heterocycles. The smallest absolute Gasteiger partial charge is 0.260 e. The van der Waals surface area contributed by atoms with Crippen LogP contribution in [0, 0.1) is 5.92 Å². The van der Waals surface area contributed by atoms with Crippen molar-refractivity contribution in [2.24, 2.45) is 5.92 Å². The van der Waals surface area contributed by atoms with Crippen molar-refractivity contribution in [3.8, 4) is 5.75 Å². The summed E-state index contributed by atoms with van der Waals surface area (Å²) >= 11 is 0. The highest BCUT2D eigenvalue weighted by molar-refractivity contribution is 5.92. The third kappa shape index (κ3) is 6.32. The lowest BCUT2D eigenvalue weighted by Gasteiger charge is -2.31. The molecule has 1 heterocycles. The van der Waals surface area contributed by atoms with E-state index in [0.717, 1.165) is 24.3 Å². The van der Waals surface area contributed by atoms with Gasteiger partial charge in [-0.25, -0.2) is 0 Å². The Morgan fingerprint density at radius 3 is 2.55 bits per heavy atom. The lowest BCUT2D eigenvalue weighted by atomic mass is 9.95. The van der Waals surface area contributed by atoms with E-state index < -0.39 is 0 Å². The summed E-state index contributed by atoms with van der Waals surface area (Å²) in [5, 5.41) is 6.31. The lowest BCUT2D eigenvalue weighted by Crippen LogP contribution is -2.43. The summed E-state index contributed by atoms with van der Waals surface area (Å²) in [7, 11) is 0. The normalized spacial score (nSPS) is 14.4. The first-order valence-corrected chi connectivity index (χ1v) is 10.2. The number of anilines is 1. The van der Waals surface area contributed by atoms with Crippen molar-refractivity contribution in [2.45, 2.75) is 26.3 Å². The van der Waals surface area contributed by atoms with Gasteiger partial charge in [0.15, 0.2) is 6.61 Å². The Bertz CT molecular complexity index is 802. The highest BCUT2D eigenvalue weighted by atomic mass is 16.5. The van der Waals surface area contributed by atoms with Crippen LogP contribution >= 0.6 is 0 Å². The molecule has 2 aromatic carbocycles. The first kappa shape index (κ1) is 20.9. The third-order valence-corrected chi connectivity index (χ3v) is 5.10. The maximum absolute atomic E-state index is 12.6. The van der Waals surface area contributed by atoms with Gasteiger partial charge in [0.1, 0.15) is 5.75 Å². The zero-order chi connectivity index (χ0) is 20.5. The maximum atomic E-state index is 12.6. The molecule has 0 unspecified atom stereocenters. The fourth-order valence-electron chi connectivity index (χ4n) is 3.42. The number of likely N-dealkylation sites (tertiary alicyclic amines) is 1. The molecule has 0 aliphatic carbocycles. The van der Waals surface area contributed by atoms with Gasteiger partial charge in [-0.3, -0.25) is 9.59 Å². The van der Waals surface area contributed by atoms with E-state index in [4.69, 9.17) is 4.74 Å². The van der Waals surface area contributed by atoms with Crippen LogP contribution < -0.4 is 15.4 Å². The average Bonchev–Trinajstić information content (AvgIpc) is 2.77. The number of hydrogen-bond donors (Lipinski definition) is 2. The number of amides is 2. The van der Waals surface area contributed by atoms with Gasteiger partial charge in [0, 0.05) is 31.2 Å². The number of piperidine rings is 1. The Kier molecular flexibility index (Phi) is 7.64.